The third-order valence-electron chi connectivity index (χ3n) is 7.51. The summed E-state index contributed by atoms with van der Waals surface area (Å²) in [5.41, 5.74) is 4.15. The normalized spacial score (nSPS) is 19.2. The molecular weight excluding hydrogens is 500 g/mol. The smallest absolute Gasteiger partial charge is 0.314 e. The Kier molecular flexibility index (Phi) is 6.10. The predicted octanol–water partition coefficient (Wildman–Crippen LogP) is 6.74. The number of nitrogens with zero attached hydrogens (tertiary/aromatic N) is 2. The van der Waals surface area contributed by atoms with Crippen molar-refractivity contribution in [1.29, 1.82) is 0 Å². The molecule has 1 aromatic heterocycles. The van der Waals surface area contributed by atoms with E-state index in [2.05, 4.69) is 15.5 Å². The van der Waals surface area contributed by atoms with Crippen molar-refractivity contribution in [2.45, 2.75) is 37.3 Å². The van der Waals surface area contributed by atoms with Crippen LogP contribution >= 0.6 is 0 Å². The zero-order chi connectivity index (χ0) is 27.1. The molecule has 1 aliphatic heterocycles. The Balaban J connectivity index is 1.20. The summed E-state index contributed by atoms with van der Waals surface area (Å²) in [5, 5.41) is 17.1. The summed E-state index contributed by atoms with van der Waals surface area (Å²) in [6, 6.07) is 24.5. The molecule has 2 atom stereocenters. The fourth-order valence-corrected chi connectivity index (χ4v) is 5.03. The number of oxime groups is 1. The molecule has 2 aliphatic rings. The van der Waals surface area contributed by atoms with Crippen molar-refractivity contribution in [3.63, 3.8) is 0 Å². The molecule has 8 heteroatoms. The van der Waals surface area contributed by atoms with Crippen molar-refractivity contribution >= 4 is 17.5 Å². The van der Waals surface area contributed by atoms with Crippen molar-refractivity contribution in [1.82, 2.24) is 4.98 Å². The van der Waals surface area contributed by atoms with Gasteiger partial charge in [-0.1, -0.05) is 65.8 Å². The molecule has 2 unspecified atom stereocenters. The van der Waals surface area contributed by atoms with Crippen LogP contribution in [0, 0.1) is 11.6 Å². The molecule has 39 heavy (non-hydrogen) atoms. The molecule has 1 aliphatic carbocycles. The highest BCUT2D eigenvalue weighted by Crippen LogP contribution is 2.48. The number of carboxylic acid groups (broad SMARTS) is 1. The van der Waals surface area contributed by atoms with E-state index in [1.165, 1.54) is 12.1 Å². The summed E-state index contributed by atoms with van der Waals surface area (Å²) in [5.74, 6) is -2.14. The number of pyridine rings is 1. The lowest BCUT2D eigenvalue weighted by Crippen LogP contribution is -2.31. The monoisotopic (exact) mass is 525 g/mol. The number of carbonyl (C=O) groups is 1. The quantitative estimate of drug-likeness (QED) is 0.279. The van der Waals surface area contributed by atoms with Gasteiger partial charge in [0.25, 0.3) is 0 Å². The number of benzene rings is 3. The van der Waals surface area contributed by atoms with E-state index in [1.807, 2.05) is 55.5 Å². The zero-order valence-corrected chi connectivity index (χ0v) is 21.1. The first-order valence-electron chi connectivity index (χ1n) is 12.7. The summed E-state index contributed by atoms with van der Waals surface area (Å²) in [7, 11) is 0. The Morgan fingerprint density at radius 2 is 1.62 bits per heavy atom. The summed E-state index contributed by atoms with van der Waals surface area (Å²) in [6.45, 7) is 1.85. The second-order valence-corrected chi connectivity index (χ2v) is 9.98. The first kappa shape index (κ1) is 24.7. The van der Waals surface area contributed by atoms with Gasteiger partial charge in [0.1, 0.15) is 11.9 Å². The molecule has 1 fully saturated rings. The molecule has 0 radical (unpaired) electrons. The van der Waals surface area contributed by atoms with Crippen LogP contribution in [0.2, 0.25) is 0 Å². The van der Waals surface area contributed by atoms with Gasteiger partial charge < -0.3 is 15.3 Å². The second-order valence-electron chi connectivity index (χ2n) is 9.98. The van der Waals surface area contributed by atoms with Crippen LogP contribution in [0.4, 0.5) is 14.6 Å². The van der Waals surface area contributed by atoms with Gasteiger partial charge in [-0.15, -0.1) is 0 Å². The van der Waals surface area contributed by atoms with Gasteiger partial charge >= 0.3 is 5.97 Å². The van der Waals surface area contributed by atoms with Crippen LogP contribution < -0.4 is 5.32 Å². The van der Waals surface area contributed by atoms with E-state index in [0.29, 0.717) is 24.4 Å². The molecule has 6 nitrogen and oxygen atoms in total. The molecule has 0 saturated heterocycles. The van der Waals surface area contributed by atoms with Gasteiger partial charge in [0.05, 0.1) is 16.8 Å². The van der Waals surface area contributed by atoms with Crippen molar-refractivity contribution in [2.24, 2.45) is 5.16 Å². The molecule has 2 heterocycles. The Morgan fingerprint density at radius 1 is 0.949 bits per heavy atom. The average Bonchev–Trinajstić information content (AvgIpc) is 3.70. The number of nitrogens with one attached hydrogen (secondary N) is 1. The minimum absolute atomic E-state index is 0.0853. The van der Waals surface area contributed by atoms with Crippen LogP contribution in [-0.2, 0) is 15.0 Å². The molecular formula is C31H25F2N3O3. The van der Waals surface area contributed by atoms with Crippen LogP contribution in [-0.4, -0.2) is 27.8 Å². The average molecular weight is 526 g/mol. The van der Waals surface area contributed by atoms with Crippen LogP contribution in [0.3, 0.4) is 0 Å². The van der Waals surface area contributed by atoms with Crippen molar-refractivity contribution in [2.75, 3.05) is 5.32 Å². The highest BCUT2D eigenvalue weighted by molar-refractivity contribution is 5.91. The maximum atomic E-state index is 14.3. The number of halogens is 2. The Morgan fingerprint density at radius 3 is 2.28 bits per heavy atom. The van der Waals surface area contributed by atoms with Crippen LogP contribution in [0.15, 0.2) is 90.1 Å². The largest absolute Gasteiger partial charge is 0.481 e. The standard InChI is InChI=1S/C31H25F2N3O3/c1-18-28(35-26-7-3-6-25(34-26)23-4-2-5-24(32)27(23)33)29(39-36-18)21-10-8-19(9-11-21)20-12-14-22(15-13-20)31(16-17-31)30(37)38/h2-15,28-29H,16-17H2,1H3,(H,34,35)(H,37,38). The molecule has 0 bridgehead atoms. The van der Waals surface area contributed by atoms with Gasteiger partial charge in [0.15, 0.2) is 17.7 Å². The van der Waals surface area contributed by atoms with Crippen LogP contribution in [0.5, 0.6) is 0 Å². The van der Waals surface area contributed by atoms with E-state index in [-0.39, 0.29) is 11.6 Å². The molecule has 3 aromatic carbocycles. The van der Waals surface area contributed by atoms with Gasteiger partial charge in [0.2, 0.25) is 0 Å². The fraction of sp³-hybridized carbons (Fsp3) is 0.194. The molecule has 196 valence electrons. The second kappa shape index (κ2) is 9.62. The number of anilines is 1. The fourth-order valence-electron chi connectivity index (χ4n) is 5.03. The number of hydrogen-bond acceptors (Lipinski definition) is 5. The van der Waals surface area contributed by atoms with Crippen LogP contribution in [0.1, 0.15) is 37.0 Å². The van der Waals surface area contributed by atoms with E-state index in [0.717, 1.165) is 34.0 Å². The topological polar surface area (TPSA) is 83.8 Å². The lowest BCUT2D eigenvalue weighted by atomic mass is 9.93. The molecule has 6 rings (SSSR count). The summed E-state index contributed by atoms with van der Waals surface area (Å²) in [6.07, 6.45) is 0.939. The molecule has 0 spiro atoms. The summed E-state index contributed by atoms with van der Waals surface area (Å²) >= 11 is 0. The lowest BCUT2D eigenvalue weighted by molar-refractivity contribution is -0.140. The number of rotatable bonds is 7. The number of aromatic nitrogens is 1. The highest BCUT2D eigenvalue weighted by Gasteiger charge is 2.51. The minimum Gasteiger partial charge on any atom is -0.481 e. The number of carboxylic acids is 1. The lowest BCUT2D eigenvalue weighted by Gasteiger charge is -2.21. The van der Waals surface area contributed by atoms with Gasteiger partial charge in [0, 0.05) is 5.56 Å². The van der Waals surface area contributed by atoms with E-state index in [9.17, 15) is 18.7 Å². The number of aliphatic carboxylic acids is 1. The van der Waals surface area contributed by atoms with E-state index in [4.69, 9.17) is 4.84 Å². The molecule has 2 N–H and O–H groups in total. The van der Waals surface area contributed by atoms with Gasteiger partial charge in [-0.25, -0.2) is 13.8 Å². The third kappa shape index (κ3) is 4.52. The van der Waals surface area contributed by atoms with Crippen molar-refractivity contribution in [3.8, 4) is 22.4 Å². The Hall–Kier alpha value is -4.59. The highest BCUT2D eigenvalue weighted by atomic mass is 19.2. The maximum Gasteiger partial charge on any atom is 0.314 e. The third-order valence-corrected chi connectivity index (χ3v) is 7.51. The van der Waals surface area contributed by atoms with Crippen molar-refractivity contribution in [3.05, 3.63) is 108 Å². The van der Waals surface area contributed by atoms with E-state index < -0.39 is 29.1 Å². The molecule has 0 amide bonds. The first-order valence-corrected chi connectivity index (χ1v) is 12.7. The predicted molar refractivity (Wildman–Crippen MR) is 144 cm³/mol. The van der Waals surface area contributed by atoms with Gasteiger partial charge in [-0.2, -0.15) is 0 Å². The van der Waals surface area contributed by atoms with E-state index >= 15 is 0 Å². The summed E-state index contributed by atoms with van der Waals surface area (Å²) < 4.78 is 28.1. The van der Waals surface area contributed by atoms with Gasteiger partial charge in [-0.05, 0) is 66.3 Å². The SMILES string of the molecule is CC1=NOC(c2ccc(-c3ccc(C4(C(=O)O)CC4)cc3)cc2)C1Nc1cccc(-c2cccc(F)c2F)n1. The first-order chi connectivity index (χ1) is 18.9. The summed E-state index contributed by atoms with van der Waals surface area (Å²) in [4.78, 5) is 21.9. The van der Waals surface area contributed by atoms with Crippen molar-refractivity contribution < 1.29 is 23.5 Å². The zero-order valence-electron chi connectivity index (χ0n) is 21.1. The minimum atomic E-state index is -0.939. The molecule has 4 aromatic rings. The molecule has 1 saturated carbocycles. The Labute approximate surface area is 224 Å². The van der Waals surface area contributed by atoms with Gasteiger partial charge in [-0.3, -0.25) is 4.79 Å². The Bertz CT molecular complexity index is 1580. The van der Waals surface area contributed by atoms with E-state index in [1.54, 1.807) is 18.2 Å². The van der Waals surface area contributed by atoms with Crippen LogP contribution in [0.25, 0.3) is 22.4 Å². The number of hydrogen-bond donors (Lipinski definition) is 2. The maximum absolute atomic E-state index is 14.3.